The molecular weight excluding hydrogens is 266 g/mol. The summed E-state index contributed by atoms with van der Waals surface area (Å²) < 4.78 is 0. The number of rotatable bonds is 4. The van der Waals surface area contributed by atoms with Crippen molar-refractivity contribution in [3.63, 3.8) is 0 Å². The molecule has 4 heteroatoms. The Hall–Kier alpha value is -0.740. The number of nitrogens with one attached hydrogen (secondary N) is 1. The minimum absolute atomic E-state index is 0.499. The quantitative estimate of drug-likeness (QED) is 0.922. The molecule has 0 spiro atoms. The van der Waals surface area contributed by atoms with Gasteiger partial charge in [0.1, 0.15) is 0 Å². The standard InChI is InChI=1S/C16H27N3S/c1-11(2)17-7-15-8-18-12(3)6-16(15)19-9-13(4)20-14(5)10-19/h6,8,11,13-14,17H,7,9-10H2,1-5H3. The van der Waals surface area contributed by atoms with Gasteiger partial charge in [0.05, 0.1) is 0 Å². The highest BCUT2D eigenvalue weighted by Crippen LogP contribution is 2.30. The van der Waals surface area contributed by atoms with Crippen molar-refractivity contribution in [1.29, 1.82) is 0 Å². The van der Waals surface area contributed by atoms with E-state index in [9.17, 15) is 0 Å². The molecule has 0 saturated carbocycles. The third kappa shape index (κ3) is 4.13. The zero-order valence-electron chi connectivity index (χ0n) is 13.3. The highest BCUT2D eigenvalue weighted by Gasteiger charge is 2.24. The normalized spacial score (nSPS) is 23.4. The number of hydrogen-bond donors (Lipinski definition) is 1. The van der Waals surface area contributed by atoms with Gasteiger partial charge in [-0.15, -0.1) is 0 Å². The third-order valence-electron chi connectivity index (χ3n) is 3.56. The Kier molecular flexibility index (Phi) is 5.33. The summed E-state index contributed by atoms with van der Waals surface area (Å²) >= 11 is 2.10. The average molecular weight is 293 g/mol. The van der Waals surface area contributed by atoms with Crippen LogP contribution < -0.4 is 10.2 Å². The highest BCUT2D eigenvalue weighted by atomic mass is 32.2. The van der Waals surface area contributed by atoms with E-state index in [1.807, 2.05) is 6.20 Å². The summed E-state index contributed by atoms with van der Waals surface area (Å²) in [6, 6.07) is 2.74. The van der Waals surface area contributed by atoms with E-state index in [0.717, 1.165) is 25.3 Å². The topological polar surface area (TPSA) is 28.2 Å². The van der Waals surface area contributed by atoms with Crippen LogP contribution in [0.25, 0.3) is 0 Å². The Morgan fingerprint density at radius 1 is 1.35 bits per heavy atom. The van der Waals surface area contributed by atoms with Gasteiger partial charge in [-0.1, -0.05) is 27.7 Å². The van der Waals surface area contributed by atoms with E-state index in [4.69, 9.17) is 0 Å². The van der Waals surface area contributed by atoms with Gasteiger partial charge in [0.15, 0.2) is 0 Å². The fraction of sp³-hybridized carbons (Fsp3) is 0.688. The molecular formula is C16H27N3S. The van der Waals surface area contributed by atoms with Crippen LogP contribution in [0.5, 0.6) is 0 Å². The van der Waals surface area contributed by atoms with Crippen molar-refractivity contribution >= 4 is 17.4 Å². The first-order valence-electron chi connectivity index (χ1n) is 7.55. The second-order valence-electron chi connectivity index (χ2n) is 6.15. The molecule has 1 N–H and O–H groups in total. The van der Waals surface area contributed by atoms with E-state index in [1.54, 1.807) is 0 Å². The molecule has 1 aliphatic heterocycles. The van der Waals surface area contributed by atoms with Crippen LogP contribution in [0, 0.1) is 6.92 Å². The molecule has 1 aromatic rings. The van der Waals surface area contributed by atoms with Gasteiger partial charge in [-0.2, -0.15) is 11.8 Å². The number of pyridine rings is 1. The van der Waals surface area contributed by atoms with Crippen LogP contribution in [0.2, 0.25) is 0 Å². The van der Waals surface area contributed by atoms with Crippen LogP contribution in [-0.2, 0) is 6.54 Å². The fourth-order valence-corrected chi connectivity index (χ4v) is 4.02. The molecule has 1 fully saturated rings. The maximum atomic E-state index is 4.48. The van der Waals surface area contributed by atoms with Crippen molar-refractivity contribution in [2.24, 2.45) is 0 Å². The maximum absolute atomic E-state index is 4.48. The average Bonchev–Trinajstić information content (AvgIpc) is 2.36. The summed E-state index contributed by atoms with van der Waals surface area (Å²) in [6.45, 7) is 14.3. The summed E-state index contributed by atoms with van der Waals surface area (Å²) in [5, 5.41) is 4.90. The Labute approximate surface area is 127 Å². The second-order valence-corrected chi connectivity index (χ2v) is 8.03. The molecule has 2 unspecified atom stereocenters. The Balaban J connectivity index is 2.21. The van der Waals surface area contributed by atoms with Gasteiger partial charge in [-0.05, 0) is 13.0 Å². The van der Waals surface area contributed by atoms with Gasteiger partial charge in [0, 0.05) is 59.3 Å². The van der Waals surface area contributed by atoms with Crippen LogP contribution in [0.1, 0.15) is 39.0 Å². The number of nitrogens with zero attached hydrogens (tertiary/aromatic N) is 2. The summed E-state index contributed by atoms with van der Waals surface area (Å²) in [5.41, 5.74) is 3.78. The van der Waals surface area contributed by atoms with Crippen LogP contribution in [0.15, 0.2) is 12.3 Å². The first-order chi connectivity index (χ1) is 9.45. The van der Waals surface area contributed by atoms with E-state index in [0.29, 0.717) is 16.5 Å². The molecule has 112 valence electrons. The van der Waals surface area contributed by atoms with E-state index >= 15 is 0 Å². The highest BCUT2D eigenvalue weighted by molar-refractivity contribution is 8.00. The molecule has 0 radical (unpaired) electrons. The van der Waals surface area contributed by atoms with Gasteiger partial charge in [-0.3, -0.25) is 4.98 Å². The molecule has 0 aliphatic carbocycles. The molecule has 0 aromatic carbocycles. The van der Waals surface area contributed by atoms with Crippen molar-refractivity contribution in [3.8, 4) is 0 Å². The van der Waals surface area contributed by atoms with Gasteiger partial charge >= 0.3 is 0 Å². The first-order valence-corrected chi connectivity index (χ1v) is 8.49. The minimum Gasteiger partial charge on any atom is -0.369 e. The predicted molar refractivity (Wildman–Crippen MR) is 89.7 cm³/mol. The SMILES string of the molecule is Cc1cc(N2CC(C)SC(C)C2)c(CNC(C)C)cn1. The summed E-state index contributed by atoms with van der Waals surface area (Å²) in [5.74, 6) is 0. The summed E-state index contributed by atoms with van der Waals surface area (Å²) in [4.78, 5) is 7.02. The fourth-order valence-electron chi connectivity index (χ4n) is 2.69. The molecule has 0 bridgehead atoms. The summed E-state index contributed by atoms with van der Waals surface area (Å²) in [7, 11) is 0. The zero-order chi connectivity index (χ0) is 14.7. The smallest absolute Gasteiger partial charge is 0.0446 e. The Morgan fingerprint density at radius 3 is 2.60 bits per heavy atom. The number of hydrogen-bond acceptors (Lipinski definition) is 4. The number of aromatic nitrogens is 1. The van der Waals surface area contributed by atoms with Crippen LogP contribution in [0.4, 0.5) is 5.69 Å². The van der Waals surface area contributed by atoms with E-state index in [1.165, 1.54) is 11.3 Å². The van der Waals surface area contributed by atoms with Crippen LogP contribution >= 0.6 is 11.8 Å². The lowest BCUT2D eigenvalue weighted by molar-refractivity contribution is 0.585. The van der Waals surface area contributed by atoms with E-state index in [-0.39, 0.29) is 0 Å². The molecule has 2 rings (SSSR count). The van der Waals surface area contributed by atoms with Gasteiger partial charge in [0.25, 0.3) is 0 Å². The third-order valence-corrected chi connectivity index (χ3v) is 4.79. The molecule has 1 aliphatic rings. The first kappa shape index (κ1) is 15.6. The molecule has 2 atom stereocenters. The Bertz CT molecular complexity index is 437. The zero-order valence-corrected chi connectivity index (χ0v) is 14.1. The lowest BCUT2D eigenvalue weighted by Gasteiger charge is -2.37. The van der Waals surface area contributed by atoms with Crippen molar-refractivity contribution in [2.45, 2.75) is 57.7 Å². The lowest BCUT2D eigenvalue weighted by Crippen LogP contribution is -2.41. The van der Waals surface area contributed by atoms with Crippen LogP contribution in [0.3, 0.4) is 0 Å². The lowest BCUT2D eigenvalue weighted by atomic mass is 10.1. The minimum atomic E-state index is 0.499. The van der Waals surface area contributed by atoms with Crippen molar-refractivity contribution in [1.82, 2.24) is 10.3 Å². The molecule has 2 heterocycles. The van der Waals surface area contributed by atoms with Crippen molar-refractivity contribution < 1.29 is 0 Å². The van der Waals surface area contributed by atoms with Crippen molar-refractivity contribution in [3.05, 3.63) is 23.5 Å². The molecule has 20 heavy (non-hydrogen) atoms. The summed E-state index contributed by atoms with van der Waals surface area (Å²) in [6.07, 6.45) is 2.04. The maximum Gasteiger partial charge on any atom is 0.0446 e. The molecule has 1 aromatic heterocycles. The number of thioether (sulfide) groups is 1. The second kappa shape index (κ2) is 6.81. The van der Waals surface area contributed by atoms with E-state index in [2.05, 4.69) is 67.6 Å². The molecule has 3 nitrogen and oxygen atoms in total. The van der Waals surface area contributed by atoms with Crippen molar-refractivity contribution in [2.75, 3.05) is 18.0 Å². The molecule has 0 amide bonds. The van der Waals surface area contributed by atoms with Gasteiger partial charge in [0.2, 0.25) is 0 Å². The predicted octanol–water partition coefficient (Wildman–Crippen LogP) is 3.22. The number of aryl methyl sites for hydroxylation is 1. The largest absolute Gasteiger partial charge is 0.369 e. The van der Waals surface area contributed by atoms with Gasteiger partial charge in [-0.25, -0.2) is 0 Å². The van der Waals surface area contributed by atoms with E-state index < -0.39 is 0 Å². The monoisotopic (exact) mass is 293 g/mol. The number of anilines is 1. The Morgan fingerprint density at radius 2 is 2.00 bits per heavy atom. The molecule has 1 saturated heterocycles. The van der Waals surface area contributed by atoms with Crippen LogP contribution in [-0.4, -0.2) is 34.6 Å². The van der Waals surface area contributed by atoms with Gasteiger partial charge < -0.3 is 10.2 Å².